The van der Waals surface area contributed by atoms with E-state index in [0.29, 0.717) is 11.2 Å². The Labute approximate surface area is 82.1 Å². The molecule has 0 amide bonds. The first-order valence-corrected chi connectivity index (χ1v) is 5.31. The molecule has 13 heavy (non-hydrogen) atoms. The van der Waals surface area contributed by atoms with Crippen LogP contribution in [0.2, 0.25) is 5.28 Å². The molecule has 2 aliphatic carbocycles. The Kier molecular flexibility index (Phi) is 1.62. The Morgan fingerprint density at radius 2 is 2.00 bits per heavy atom. The first kappa shape index (κ1) is 7.80. The summed E-state index contributed by atoms with van der Waals surface area (Å²) in [6.07, 6.45) is 5.22. The molecule has 0 spiro atoms. The summed E-state index contributed by atoms with van der Waals surface area (Å²) in [5.74, 6) is 2.61. The van der Waals surface area contributed by atoms with Crippen molar-refractivity contribution in [1.82, 2.24) is 14.8 Å². The van der Waals surface area contributed by atoms with Crippen LogP contribution in [0, 0.1) is 5.92 Å². The molecule has 1 aromatic rings. The Hall–Kier alpha value is -0.570. The Bertz CT molecular complexity index is 326. The summed E-state index contributed by atoms with van der Waals surface area (Å²) in [5, 5.41) is 8.65. The summed E-state index contributed by atoms with van der Waals surface area (Å²) >= 11 is 5.98. The Morgan fingerprint density at radius 3 is 2.62 bits per heavy atom. The van der Waals surface area contributed by atoms with E-state index in [1.54, 1.807) is 0 Å². The van der Waals surface area contributed by atoms with Crippen molar-refractivity contribution in [2.75, 3.05) is 0 Å². The van der Waals surface area contributed by atoms with E-state index in [2.05, 4.69) is 14.8 Å². The molecule has 2 aliphatic rings. The average Bonchev–Trinajstić information content (AvgIpc) is 2.97. The predicted octanol–water partition coefficient (Wildman–Crippen LogP) is 2.22. The first-order valence-electron chi connectivity index (χ1n) is 4.93. The van der Waals surface area contributed by atoms with Crippen LogP contribution in [0.25, 0.3) is 0 Å². The zero-order valence-electron chi connectivity index (χ0n) is 7.41. The van der Waals surface area contributed by atoms with Gasteiger partial charge in [-0.1, -0.05) is 0 Å². The molecule has 2 saturated carbocycles. The maximum absolute atomic E-state index is 5.98. The lowest BCUT2D eigenvalue weighted by Crippen LogP contribution is -2.04. The van der Waals surface area contributed by atoms with Gasteiger partial charge in [0.05, 0.1) is 0 Å². The number of hydrogen-bond donors (Lipinski definition) is 0. The van der Waals surface area contributed by atoms with Crippen molar-refractivity contribution in [1.29, 1.82) is 0 Å². The molecule has 2 fully saturated rings. The molecule has 1 aromatic heterocycles. The van der Waals surface area contributed by atoms with E-state index in [1.807, 2.05) is 0 Å². The topological polar surface area (TPSA) is 30.7 Å². The fraction of sp³-hybridized carbons (Fsp3) is 0.778. The lowest BCUT2D eigenvalue weighted by Gasteiger charge is -2.04. The van der Waals surface area contributed by atoms with Gasteiger partial charge in [0.1, 0.15) is 5.82 Å². The zero-order valence-corrected chi connectivity index (χ0v) is 8.17. The second-order valence-electron chi connectivity index (χ2n) is 4.16. The highest BCUT2D eigenvalue weighted by atomic mass is 35.5. The minimum absolute atomic E-state index is 0.578. The molecule has 0 aliphatic heterocycles. The van der Waals surface area contributed by atoms with Gasteiger partial charge in [0.15, 0.2) is 0 Å². The lowest BCUT2D eigenvalue weighted by molar-refractivity contribution is 0.597. The molecule has 1 heterocycles. The standard InChI is InChI=1S/C9H12ClN3/c10-9-12-11-8(7-3-4-7)13(9)5-6-1-2-6/h6-7H,1-5H2. The summed E-state index contributed by atoms with van der Waals surface area (Å²) in [5.41, 5.74) is 0. The third kappa shape index (κ3) is 1.46. The van der Waals surface area contributed by atoms with Crippen molar-refractivity contribution in [2.24, 2.45) is 5.92 Å². The van der Waals surface area contributed by atoms with Crippen LogP contribution in [0.5, 0.6) is 0 Å². The van der Waals surface area contributed by atoms with Crippen molar-refractivity contribution in [3.05, 3.63) is 11.1 Å². The van der Waals surface area contributed by atoms with Crippen molar-refractivity contribution in [3.8, 4) is 0 Å². The number of halogens is 1. The summed E-state index contributed by atoms with van der Waals surface area (Å²) in [6, 6.07) is 0. The van der Waals surface area contributed by atoms with Crippen LogP contribution in [0.15, 0.2) is 0 Å². The van der Waals surface area contributed by atoms with Crippen molar-refractivity contribution in [3.63, 3.8) is 0 Å². The zero-order chi connectivity index (χ0) is 8.84. The van der Waals surface area contributed by atoms with Crippen LogP contribution in [0.1, 0.15) is 37.4 Å². The molecule has 0 radical (unpaired) electrons. The second kappa shape index (κ2) is 2.71. The van der Waals surface area contributed by atoms with Crippen LogP contribution in [0.3, 0.4) is 0 Å². The van der Waals surface area contributed by atoms with Crippen molar-refractivity contribution < 1.29 is 0 Å². The molecular weight excluding hydrogens is 186 g/mol. The summed E-state index contributed by atoms with van der Waals surface area (Å²) in [6.45, 7) is 1.04. The van der Waals surface area contributed by atoms with Gasteiger partial charge in [-0.05, 0) is 43.2 Å². The van der Waals surface area contributed by atoms with Gasteiger partial charge in [-0.3, -0.25) is 0 Å². The number of nitrogens with zero attached hydrogens (tertiary/aromatic N) is 3. The monoisotopic (exact) mass is 197 g/mol. The van der Waals surface area contributed by atoms with Gasteiger partial charge in [0.2, 0.25) is 5.28 Å². The normalized spacial score (nSPS) is 22.2. The molecule has 3 rings (SSSR count). The number of aromatic nitrogens is 3. The molecule has 0 aromatic carbocycles. The van der Waals surface area contributed by atoms with E-state index in [0.717, 1.165) is 18.3 Å². The van der Waals surface area contributed by atoms with E-state index in [4.69, 9.17) is 11.6 Å². The third-order valence-electron chi connectivity index (χ3n) is 2.81. The van der Waals surface area contributed by atoms with Gasteiger partial charge >= 0.3 is 0 Å². The summed E-state index contributed by atoms with van der Waals surface area (Å²) in [7, 11) is 0. The molecule has 70 valence electrons. The highest BCUT2D eigenvalue weighted by Gasteiger charge is 2.32. The van der Waals surface area contributed by atoms with Gasteiger partial charge in [-0.15, -0.1) is 10.2 Å². The molecular formula is C9H12ClN3. The van der Waals surface area contributed by atoms with Crippen LogP contribution in [0.4, 0.5) is 0 Å². The molecule has 0 atom stereocenters. The molecule has 0 N–H and O–H groups in total. The molecule has 4 heteroatoms. The van der Waals surface area contributed by atoms with Crippen molar-refractivity contribution >= 4 is 11.6 Å². The van der Waals surface area contributed by atoms with Crippen LogP contribution >= 0.6 is 11.6 Å². The molecule has 0 bridgehead atoms. The number of hydrogen-bond acceptors (Lipinski definition) is 2. The van der Waals surface area contributed by atoms with Crippen LogP contribution in [-0.2, 0) is 6.54 Å². The lowest BCUT2D eigenvalue weighted by atomic mass is 10.3. The fourth-order valence-electron chi connectivity index (χ4n) is 1.67. The fourth-order valence-corrected chi connectivity index (χ4v) is 1.86. The Balaban J connectivity index is 1.88. The quantitative estimate of drug-likeness (QED) is 0.744. The molecule has 0 saturated heterocycles. The molecule has 0 unspecified atom stereocenters. The van der Waals surface area contributed by atoms with Gasteiger partial charge < -0.3 is 4.57 Å². The summed E-state index contributed by atoms with van der Waals surface area (Å²) in [4.78, 5) is 0. The van der Waals surface area contributed by atoms with Gasteiger partial charge in [-0.2, -0.15) is 0 Å². The van der Waals surface area contributed by atoms with E-state index in [1.165, 1.54) is 25.7 Å². The van der Waals surface area contributed by atoms with Crippen LogP contribution < -0.4 is 0 Å². The Morgan fingerprint density at radius 1 is 1.23 bits per heavy atom. The highest BCUT2D eigenvalue weighted by molar-refractivity contribution is 6.28. The highest BCUT2D eigenvalue weighted by Crippen LogP contribution is 2.41. The van der Waals surface area contributed by atoms with E-state index in [-0.39, 0.29) is 0 Å². The predicted molar refractivity (Wildman–Crippen MR) is 49.7 cm³/mol. The largest absolute Gasteiger partial charge is 0.301 e. The van der Waals surface area contributed by atoms with E-state index in [9.17, 15) is 0 Å². The van der Waals surface area contributed by atoms with Crippen molar-refractivity contribution in [2.45, 2.75) is 38.1 Å². The summed E-state index contributed by atoms with van der Waals surface area (Å²) < 4.78 is 2.11. The molecule has 3 nitrogen and oxygen atoms in total. The maximum Gasteiger partial charge on any atom is 0.225 e. The minimum Gasteiger partial charge on any atom is -0.301 e. The second-order valence-corrected chi connectivity index (χ2v) is 4.49. The third-order valence-corrected chi connectivity index (χ3v) is 3.09. The first-order chi connectivity index (χ1) is 6.34. The SMILES string of the molecule is Clc1nnc(C2CC2)n1CC1CC1. The number of rotatable bonds is 3. The van der Waals surface area contributed by atoms with E-state index < -0.39 is 0 Å². The maximum atomic E-state index is 5.98. The minimum atomic E-state index is 0.578. The van der Waals surface area contributed by atoms with Gasteiger partial charge in [0.25, 0.3) is 0 Å². The van der Waals surface area contributed by atoms with Gasteiger partial charge in [0, 0.05) is 12.5 Å². The average molecular weight is 198 g/mol. The van der Waals surface area contributed by atoms with E-state index >= 15 is 0 Å². The van der Waals surface area contributed by atoms with Crippen LogP contribution in [-0.4, -0.2) is 14.8 Å². The smallest absolute Gasteiger partial charge is 0.225 e. The van der Waals surface area contributed by atoms with Gasteiger partial charge in [-0.25, -0.2) is 0 Å².